The molecule has 1 fully saturated rings. The lowest BCUT2D eigenvalue weighted by atomic mass is 9.95. The van der Waals surface area contributed by atoms with Crippen LogP contribution >= 0.6 is 11.3 Å². The second-order valence-corrected chi connectivity index (χ2v) is 10.5. The van der Waals surface area contributed by atoms with E-state index in [0.29, 0.717) is 41.5 Å². The van der Waals surface area contributed by atoms with Crippen LogP contribution in [0.25, 0.3) is 5.76 Å². The maximum absolute atomic E-state index is 13.5. The summed E-state index contributed by atoms with van der Waals surface area (Å²) in [4.78, 5) is 45.1. The van der Waals surface area contributed by atoms with Crippen LogP contribution in [0.15, 0.2) is 54.1 Å². The minimum absolute atomic E-state index is 0.0817. The molecule has 10 heteroatoms. The molecule has 0 aliphatic carbocycles. The maximum atomic E-state index is 13.5. The monoisotopic (exact) mass is 578 g/mol. The standard InChI is InChI=1S/C31H34N2O7S/c1-5-7-17-39-22-13-9-20(10-14-22)25-24(26(34)21-11-15-23(16-12-21)40-18-8-6-2)27(35)29(36)33(25)31-32-19(3)28(41-31)30(37)38-4/h9-16,25,34H,5-8,17-18H2,1-4H3/t25-/m1/s1. The number of ketones is 1. The fourth-order valence-corrected chi connectivity index (χ4v) is 5.40. The first-order valence-corrected chi connectivity index (χ1v) is 14.4. The number of aliphatic hydroxyl groups excluding tert-OH is 1. The first kappa shape index (κ1) is 29.8. The van der Waals surface area contributed by atoms with E-state index in [0.717, 1.165) is 37.0 Å². The Labute approximate surface area is 243 Å². The van der Waals surface area contributed by atoms with Gasteiger partial charge in [0.25, 0.3) is 5.78 Å². The van der Waals surface area contributed by atoms with Gasteiger partial charge in [0, 0.05) is 5.56 Å². The summed E-state index contributed by atoms with van der Waals surface area (Å²) < 4.78 is 16.3. The Morgan fingerprint density at radius 2 is 1.51 bits per heavy atom. The molecular formula is C31H34N2O7S. The highest BCUT2D eigenvalue weighted by Crippen LogP contribution is 2.44. The molecule has 1 N–H and O–H groups in total. The van der Waals surface area contributed by atoms with E-state index in [1.807, 2.05) is 0 Å². The number of methoxy groups -OCH3 is 1. The van der Waals surface area contributed by atoms with Crippen LogP contribution in [-0.4, -0.2) is 48.1 Å². The Morgan fingerprint density at radius 3 is 2.05 bits per heavy atom. The van der Waals surface area contributed by atoms with E-state index in [1.54, 1.807) is 55.5 Å². The normalized spacial score (nSPS) is 16.2. The van der Waals surface area contributed by atoms with E-state index in [1.165, 1.54) is 12.0 Å². The van der Waals surface area contributed by atoms with Crippen LogP contribution in [0, 0.1) is 6.92 Å². The quantitative estimate of drug-likeness (QED) is 0.0885. The Morgan fingerprint density at radius 1 is 0.951 bits per heavy atom. The van der Waals surface area contributed by atoms with E-state index < -0.39 is 23.7 Å². The van der Waals surface area contributed by atoms with Crippen LogP contribution in [0.2, 0.25) is 0 Å². The molecule has 1 atom stereocenters. The van der Waals surface area contributed by atoms with E-state index in [-0.39, 0.29) is 21.3 Å². The minimum atomic E-state index is -0.990. The van der Waals surface area contributed by atoms with Crippen LogP contribution < -0.4 is 14.4 Å². The molecule has 2 aromatic carbocycles. The highest BCUT2D eigenvalue weighted by molar-refractivity contribution is 7.17. The number of Topliss-reactive ketones (excluding diaryl/α,β-unsaturated/α-hetero) is 1. The Bertz CT molecular complexity index is 1430. The number of rotatable bonds is 12. The molecule has 216 valence electrons. The maximum Gasteiger partial charge on any atom is 0.350 e. The number of aliphatic hydroxyl groups is 1. The van der Waals surface area contributed by atoms with Gasteiger partial charge in [0.05, 0.1) is 37.6 Å². The summed E-state index contributed by atoms with van der Waals surface area (Å²) in [6.45, 7) is 6.93. The van der Waals surface area contributed by atoms with Crippen molar-refractivity contribution >= 4 is 39.9 Å². The first-order valence-electron chi connectivity index (χ1n) is 13.6. The molecule has 41 heavy (non-hydrogen) atoms. The number of anilines is 1. The van der Waals surface area contributed by atoms with Gasteiger partial charge in [-0.2, -0.15) is 0 Å². The predicted molar refractivity (Wildman–Crippen MR) is 157 cm³/mol. The molecule has 4 rings (SSSR count). The molecular weight excluding hydrogens is 544 g/mol. The van der Waals surface area contributed by atoms with E-state index in [9.17, 15) is 19.5 Å². The summed E-state index contributed by atoms with van der Waals surface area (Å²) in [6.07, 6.45) is 3.84. The molecule has 9 nitrogen and oxygen atoms in total. The van der Waals surface area contributed by atoms with Crippen LogP contribution in [-0.2, 0) is 14.3 Å². The number of aromatic nitrogens is 1. The zero-order valence-corrected chi connectivity index (χ0v) is 24.5. The van der Waals surface area contributed by atoms with Gasteiger partial charge < -0.3 is 19.3 Å². The van der Waals surface area contributed by atoms with E-state index >= 15 is 0 Å². The lowest BCUT2D eigenvalue weighted by Crippen LogP contribution is -2.29. The Hall–Kier alpha value is -4.18. The third-order valence-electron chi connectivity index (χ3n) is 6.66. The lowest BCUT2D eigenvalue weighted by molar-refractivity contribution is -0.132. The third kappa shape index (κ3) is 6.43. The topological polar surface area (TPSA) is 115 Å². The summed E-state index contributed by atoms with van der Waals surface area (Å²) in [5.74, 6) is -1.33. The molecule has 0 radical (unpaired) electrons. The van der Waals surface area contributed by atoms with Gasteiger partial charge in [-0.25, -0.2) is 9.78 Å². The molecule has 1 saturated heterocycles. The van der Waals surface area contributed by atoms with Crippen molar-refractivity contribution in [3.8, 4) is 11.5 Å². The van der Waals surface area contributed by atoms with Gasteiger partial charge in [-0.3, -0.25) is 14.5 Å². The van der Waals surface area contributed by atoms with Gasteiger partial charge in [-0.05, 0) is 61.7 Å². The highest BCUT2D eigenvalue weighted by atomic mass is 32.1. The number of hydrogen-bond donors (Lipinski definition) is 1. The van der Waals surface area contributed by atoms with Crippen LogP contribution in [0.4, 0.5) is 5.13 Å². The van der Waals surface area contributed by atoms with Gasteiger partial charge >= 0.3 is 11.9 Å². The van der Waals surface area contributed by atoms with Crippen molar-refractivity contribution in [1.29, 1.82) is 0 Å². The van der Waals surface area contributed by atoms with E-state index in [2.05, 4.69) is 18.8 Å². The average Bonchev–Trinajstić information content (AvgIpc) is 3.49. The molecule has 0 unspecified atom stereocenters. The summed E-state index contributed by atoms with van der Waals surface area (Å²) in [5, 5.41) is 11.6. The van der Waals surface area contributed by atoms with Gasteiger partial charge in [-0.15, -0.1) is 0 Å². The molecule has 3 aromatic rings. The number of amides is 1. The SMILES string of the molecule is CCCCOc1ccc(C(O)=C2C(=O)C(=O)N(c3nc(C)c(C(=O)OC)s3)[C@@H]2c2ccc(OCCCC)cc2)cc1. The summed E-state index contributed by atoms with van der Waals surface area (Å²) in [5.41, 5.74) is 1.22. The van der Waals surface area contributed by atoms with Crippen LogP contribution in [0.5, 0.6) is 11.5 Å². The number of thiazole rings is 1. The number of nitrogens with zero attached hydrogens (tertiary/aromatic N) is 2. The van der Waals surface area contributed by atoms with Crippen molar-refractivity contribution in [2.45, 2.75) is 52.5 Å². The lowest BCUT2D eigenvalue weighted by Gasteiger charge is -2.23. The zero-order valence-electron chi connectivity index (χ0n) is 23.6. The average molecular weight is 579 g/mol. The van der Waals surface area contributed by atoms with E-state index in [4.69, 9.17) is 14.2 Å². The smallest absolute Gasteiger partial charge is 0.350 e. The summed E-state index contributed by atoms with van der Waals surface area (Å²) in [7, 11) is 1.26. The molecule has 0 saturated carbocycles. The Balaban J connectivity index is 1.78. The van der Waals surface area contributed by atoms with Gasteiger partial charge in [0.15, 0.2) is 5.13 Å². The molecule has 2 heterocycles. The van der Waals surface area contributed by atoms with Crippen molar-refractivity contribution in [2.24, 2.45) is 0 Å². The number of aryl methyl sites for hydroxylation is 1. The number of ether oxygens (including phenoxy) is 3. The fraction of sp³-hybridized carbons (Fsp3) is 0.355. The zero-order chi connectivity index (χ0) is 29.5. The molecule has 1 aliphatic rings. The van der Waals surface area contributed by atoms with Crippen LogP contribution in [0.3, 0.4) is 0 Å². The number of benzene rings is 2. The number of carbonyl (C=O) groups excluding carboxylic acids is 3. The van der Waals surface area contributed by atoms with Gasteiger partial charge in [0.2, 0.25) is 0 Å². The molecule has 0 spiro atoms. The summed E-state index contributed by atoms with van der Waals surface area (Å²) >= 11 is 0.953. The minimum Gasteiger partial charge on any atom is -0.507 e. The van der Waals surface area contributed by atoms with Gasteiger partial charge in [-0.1, -0.05) is 50.2 Å². The largest absolute Gasteiger partial charge is 0.507 e. The predicted octanol–water partition coefficient (Wildman–Crippen LogP) is 6.22. The number of esters is 1. The second-order valence-electron chi connectivity index (χ2n) is 9.57. The molecule has 1 aromatic heterocycles. The van der Waals surface area contributed by atoms with Crippen molar-refractivity contribution < 1.29 is 33.7 Å². The van der Waals surface area contributed by atoms with Crippen LogP contribution in [0.1, 0.15) is 72.1 Å². The van der Waals surface area contributed by atoms with Crippen molar-refractivity contribution in [3.05, 3.63) is 75.8 Å². The summed E-state index contributed by atoms with van der Waals surface area (Å²) in [6, 6.07) is 12.8. The Kier molecular flexibility index (Phi) is 9.78. The fourth-order valence-electron chi connectivity index (χ4n) is 4.39. The van der Waals surface area contributed by atoms with Crippen molar-refractivity contribution in [2.75, 3.05) is 25.2 Å². The second kappa shape index (κ2) is 13.5. The van der Waals surface area contributed by atoms with Gasteiger partial charge in [0.1, 0.15) is 22.1 Å². The van der Waals surface area contributed by atoms with Crippen molar-refractivity contribution in [1.82, 2.24) is 4.98 Å². The number of unbranched alkanes of at least 4 members (excludes halogenated alkanes) is 2. The number of hydrogen-bond acceptors (Lipinski definition) is 9. The highest BCUT2D eigenvalue weighted by Gasteiger charge is 2.48. The van der Waals surface area contributed by atoms with Crippen molar-refractivity contribution in [3.63, 3.8) is 0 Å². The molecule has 0 bridgehead atoms. The number of carbonyl (C=O) groups is 3. The third-order valence-corrected chi connectivity index (χ3v) is 7.80. The molecule has 1 amide bonds. The molecule has 1 aliphatic heterocycles. The first-order chi connectivity index (χ1) is 19.8.